The molecule has 0 bridgehead atoms. The van der Waals surface area contributed by atoms with Crippen LogP contribution in [0.2, 0.25) is 0 Å². The van der Waals surface area contributed by atoms with Crippen molar-refractivity contribution in [2.24, 2.45) is 0 Å². The lowest BCUT2D eigenvalue weighted by atomic mass is 10.3. The van der Waals surface area contributed by atoms with E-state index in [0.29, 0.717) is 29.9 Å². The van der Waals surface area contributed by atoms with Crippen LogP contribution >= 0.6 is 0 Å². The van der Waals surface area contributed by atoms with E-state index in [-0.39, 0.29) is 12.5 Å². The number of oxazole rings is 1. The van der Waals surface area contributed by atoms with Gasteiger partial charge in [0, 0.05) is 24.8 Å². The molecule has 0 saturated carbocycles. The van der Waals surface area contributed by atoms with E-state index in [1.807, 2.05) is 13.8 Å². The van der Waals surface area contributed by atoms with Crippen LogP contribution in [0.5, 0.6) is 0 Å². The van der Waals surface area contributed by atoms with Gasteiger partial charge in [-0.25, -0.2) is 4.79 Å². The van der Waals surface area contributed by atoms with Crippen molar-refractivity contribution in [3.8, 4) is 0 Å². The van der Waals surface area contributed by atoms with Crippen molar-refractivity contribution in [1.29, 1.82) is 0 Å². The Hall–Kier alpha value is -2.24. The molecule has 6 heteroatoms. The van der Waals surface area contributed by atoms with Crippen molar-refractivity contribution < 1.29 is 9.21 Å². The monoisotopic (exact) mass is 263 g/mol. The van der Waals surface area contributed by atoms with Gasteiger partial charge in [-0.1, -0.05) is 0 Å². The Kier molecular flexibility index (Phi) is 3.59. The number of nitrogen functional groups attached to an aromatic ring is 1. The summed E-state index contributed by atoms with van der Waals surface area (Å²) in [6.45, 7) is 5.02. The lowest BCUT2D eigenvalue weighted by Crippen LogP contribution is -2.35. The molecule has 2 rings (SSSR count). The molecule has 1 heterocycles. The minimum atomic E-state index is -0.541. The zero-order chi connectivity index (χ0) is 14.0. The fourth-order valence-corrected chi connectivity index (χ4v) is 2.04. The van der Waals surface area contributed by atoms with E-state index >= 15 is 0 Å². The van der Waals surface area contributed by atoms with E-state index in [4.69, 9.17) is 10.2 Å². The zero-order valence-corrected chi connectivity index (χ0v) is 11.0. The standard InChI is InChI=1S/C13H17N3O3/c1-3-15(4-2)12(17)8-16-10-6-5-9(14)7-11(10)19-13(16)18/h5-7H,3-4,8,14H2,1-2H3. The Morgan fingerprint density at radius 3 is 2.68 bits per heavy atom. The van der Waals surface area contributed by atoms with Crippen LogP contribution in [-0.2, 0) is 11.3 Å². The summed E-state index contributed by atoms with van der Waals surface area (Å²) >= 11 is 0. The molecule has 0 radical (unpaired) electrons. The molecule has 0 atom stereocenters. The molecule has 0 fully saturated rings. The topological polar surface area (TPSA) is 81.5 Å². The Labute approximate surface area is 110 Å². The number of benzene rings is 1. The number of fused-ring (bicyclic) bond motifs is 1. The van der Waals surface area contributed by atoms with Crippen LogP contribution in [0.1, 0.15) is 13.8 Å². The summed E-state index contributed by atoms with van der Waals surface area (Å²) in [5.41, 5.74) is 7.13. The van der Waals surface area contributed by atoms with Gasteiger partial charge in [-0.2, -0.15) is 0 Å². The van der Waals surface area contributed by atoms with Crippen molar-refractivity contribution in [3.63, 3.8) is 0 Å². The maximum absolute atomic E-state index is 12.0. The van der Waals surface area contributed by atoms with Gasteiger partial charge in [0.05, 0.1) is 5.52 Å². The van der Waals surface area contributed by atoms with Gasteiger partial charge in [-0.3, -0.25) is 9.36 Å². The Balaban J connectivity index is 2.38. The SMILES string of the molecule is CCN(CC)C(=O)Cn1c(=O)oc2cc(N)ccc21. The summed E-state index contributed by atoms with van der Waals surface area (Å²) < 4.78 is 6.41. The third kappa shape index (κ3) is 2.47. The van der Waals surface area contributed by atoms with Crippen LogP contribution in [-0.4, -0.2) is 28.5 Å². The molecule has 0 aliphatic rings. The number of carbonyl (C=O) groups excluding carboxylic acids is 1. The molecule has 6 nitrogen and oxygen atoms in total. The number of hydrogen-bond acceptors (Lipinski definition) is 4. The summed E-state index contributed by atoms with van der Waals surface area (Å²) in [6.07, 6.45) is 0. The molecule has 19 heavy (non-hydrogen) atoms. The molecule has 2 N–H and O–H groups in total. The first-order valence-electron chi connectivity index (χ1n) is 6.23. The summed E-state index contributed by atoms with van der Waals surface area (Å²) in [6, 6.07) is 4.94. The predicted octanol–water partition coefficient (Wildman–Crippen LogP) is 1.05. The van der Waals surface area contributed by atoms with Crippen molar-refractivity contribution in [3.05, 3.63) is 28.7 Å². The third-order valence-electron chi connectivity index (χ3n) is 3.10. The van der Waals surface area contributed by atoms with Gasteiger partial charge < -0.3 is 15.1 Å². The number of likely N-dealkylation sites (N-methyl/N-ethyl adjacent to an activating group) is 1. The highest BCUT2D eigenvalue weighted by Crippen LogP contribution is 2.16. The molecular weight excluding hydrogens is 246 g/mol. The molecule has 1 amide bonds. The van der Waals surface area contributed by atoms with Crippen molar-refractivity contribution in [2.45, 2.75) is 20.4 Å². The number of anilines is 1. The number of rotatable bonds is 4. The van der Waals surface area contributed by atoms with Gasteiger partial charge in [0.15, 0.2) is 5.58 Å². The van der Waals surface area contributed by atoms with E-state index in [1.165, 1.54) is 4.57 Å². The van der Waals surface area contributed by atoms with Gasteiger partial charge in [0.2, 0.25) is 5.91 Å². The zero-order valence-electron chi connectivity index (χ0n) is 11.0. The largest absolute Gasteiger partial charge is 0.420 e. The van der Waals surface area contributed by atoms with E-state index in [2.05, 4.69) is 0 Å². The smallest absolute Gasteiger partial charge is 0.408 e. The number of hydrogen-bond donors (Lipinski definition) is 1. The number of nitrogens with zero attached hydrogens (tertiary/aromatic N) is 2. The quantitative estimate of drug-likeness (QED) is 0.836. The molecular formula is C13H17N3O3. The number of nitrogens with two attached hydrogens (primary N) is 1. The van der Waals surface area contributed by atoms with Crippen molar-refractivity contribution in [2.75, 3.05) is 18.8 Å². The second-order valence-corrected chi connectivity index (χ2v) is 4.25. The average Bonchev–Trinajstić information content (AvgIpc) is 2.66. The van der Waals surface area contributed by atoms with Crippen LogP contribution < -0.4 is 11.5 Å². The summed E-state index contributed by atoms with van der Waals surface area (Å²) in [5, 5.41) is 0. The average molecular weight is 263 g/mol. The molecule has 0 aliphatic heterocycles. The summed E-state index contributed by atoms with van der Waals surface area (Å²) in [4.78, 5) is 25.5. The molecule has 1 aromatic heterocycles. The van der Waals surface area contributed by atoms with Gasteiger partial charge >= 0.3 is 5.76 Å². The maximum atomic E-state index is 12.0. The lowest BCUT2D eigenvalue weighted by molar-refractivity contribution is -0.131. The second-order valence-electron chi connectivity index (χ2n) is 4.25. The first-order valence-corrected chi connectivity index (χ1v) is 6.23. The van der Waals surface area contributed by atoms with Crippen LogP contribution in [0.4, 0.5) is 5.69 Å². The fourth-order valence-electron chi connectivity index (χ4n) is 2.04. The molecule has 0 aliphatic carbocycles. The lowest BCUT2D eigenvalue weighted by Gasteiger charge is -2.18. The predicted molar refractivity (Wildman–Crippen MR) is 72.8 cm³/mol. The van der Waals surface area contributed by atoms with Gasteiger partial charge in [0.25, 0.3) is 0 Å². The molecule has 1 aromatic carbocycles. The third-order valence-corrected chi connectivity index (χ3v) is 3.10. The first-order chi connectivity index (χ1) is 9.06. The minimum Gasteiger partial charge on any atom is -0.408 e. The van der Waals surface area contributed by atoms with Gasteiger partial charge in [0.1, 0.15) is 6.54 Å². The van der Waals surface area contributed by atoms with Gasteiger partial charge in [-0.15, -0.1) is 0 Å². The molecule has 0 spiro atoms. The molecule has 2 aromatic rings. The normalized spacial score (nSPS) is 10.8. The van der Waals surface area contributed by atoms with Crippen LogP contribution in [0.25, 0.3) is 11.1 Å². The van der Waals surface area contributed by atoms with Crippen molar-refractivity contribution in [1.82, 2.24) is 9.47 Å². The van der Waals surface area contributed by atoms with Crippen LogP contribution in [0, 0.1) is 0 Å². The van der Waals surface area contributed by atoms with E-state index in [9.17, 15) is 9.59 Å². The molecule has 0 saturated heterocycles. The van der Waals surface area contributed by atoms with E-state index in [1.54, 1.807) is 23.1 Å². The number of amides is 1. The second kappa shape index (κ2) is 5.17. The Bertz CT molecular complexity index is 653. The summed E-state index contributed by atoms with van der Waals surface area (Å²) in [7, 11) is 0. The van der Waals surface area contributed by atoms with E-state index in [0.717, 1.165) is 0 Å². The highest BCUT2D eigenvalue weighted by atomic mass is 16.4. The Morgan fingerprint density at radius 2 is 2.05 bits per heavy atom. The molecule has 0 unspecified atom stereocenters. The minimum absolute atomic E-state index is 0.0164. The highest BCUT2D eigenvalue weighted by molar-refractivity contribution is 5.81. The molecule has 102 valence electrons. The highest BCUT2D eigenvalue weighted by Gasteiger charge is 2.15. The van der Waals surface area contributed by atoms with Gasteiger partial charge in [-0.05, 0) is 26.0 Å². The number of carbonyl (C=O) groups is 1. The van der Waals surface area contributed by atoms with Crippen LogP contribution in [0.15, 0.2) is 27.4 Å². The number of aromatic nitrogens is 1. The maximum Gasteiger partial charge on any atom is 0.420 e. The first kappa shape index (κ1) is 13.2. The van der Waals surface area contributed by atoms with E-state index < -0.39 is 5.76 Å². The summed E-state index contributed by atoms with van der Waals surface area (Å²) in [5.74, 6) is -0.646. The fraction of sp³-hybridized carbons (Fsp3) is 0.385. The van der Waals surface area contributed by atoms with Crippen LogP contribution in [0.3, 0.4) is 0 Å². The van der Waals surface area contributed by atoms with Crippen molar-refractivity contribution >= 4 is 22.7 Å². The Morgan fingerprint density at radius 1 is 1.37 bits per heavy atom.